The minimum atomic E-state index is -4.55. The molecule has 7 nitrogen and oxygen atoms in total. The lowest BCUT2D eigenvalue weighted by molar-refractivity contribution is -0.137. The van der Waals surface area contributed by atoms with Gasteiger partial charge in [-0.2, -0.15) is 13.2 Å². The van der Waals surface area contributed by atoms with Crippen molar-refractivity contribution in [3.8, 4) is 0 Å². The first kappa shape index (κ1) is 23.2. The molecule has 1 atom stereocenters. The number of nitrogens with one attached hydrogen (secondary N) is 2. The van der Waals surface area contributed by atoms with Gasteiger partial charge in [0.2, 0.25) is 5.91 Å². The summed E-state index contributed by atoms with van der Waals surface area (Å²) in [6.45, 7) is 7.10. The molecule has 32 heavy (non-hydrogen) atoms. The summed E-state index contributed by atoms with van der Waals surface area (Å²) in [7, 11) is 0. The number of amides is 4. The quantitative estimate of drug-likeness (QED) is 0.696. The maximum Gasteiger partial charge on any atom is 0.417 e. The van der Waals surface area contributed by atoms with E-state index in [-0.39, 0.29) is 11.2 Å². The van der Waals surface area contributed by atoms with Crippen LogP contribution in [-0.4, -0.2) is 34.3 Å². The van der Waals surface area contributed by atoms with Crippen molar-refractivity contribution in [2.75, 3.05) is 11.9 Å². The smallest absolute Gasteiger partial charge is 0.319 e. The Labute approximate surface area is 183 Å². The third kappa shape index (κ3) is 4.58. The summed E-state index contributed by atoms with van der Waals surface area (Å²) in [6, 6.07) is 8.30. The van der Waals surface area contributed by atoms with Gasteiger partial charge in [0, 0.05) is 6.20 Å². The third-order valence-corrected chi connectivity index (χ3v) is 5.26. The SMILES string of the molecule is CC(C)(C)c1ccc(C2(C)NC(=O)N(CC(=O)Nc3ccc(C(F)(F)F)cn3)C2=O)cc1. The monoisotopic (exact) mass is 448 g/mol. The van der Waals surface area contributed by atoms with Crippen LogP contribution in [0.25, 0.3) is 0 Å². The van der Waals surface area contributed by atoms with Gasteiger partial charge in [0.1, 0.15) is 17.9 Å². The van der Waals surface area contributed by atoms with E-state index in [1.54, 1.807) is 19.1 Å². The first-order valence-corrected chi connectivity index (χ1v) is 9.80. The lowest BCUT2D eigenvalue weighted by Gasteiger charge is -2.24. The molecule has 0 radical (unpaired) electrons. The van der Waals surface area contributed by atoms with Crippen molar-refractivity contribution in [2.45, 2.75) is 44.8 Å². The number of carbonyl (C=O) groups is 3. The van der Waals surface area contributed by atoms with Crippen LogP contribution in [0, 0.1) is 0 Å². The number of aromatic nitrogens is 1. The van der Waals surface area contributed by atoms with Crippen molar-refractivity contribution >= 4 is 23.7 Å². The standard InChI is InChI=1S/C22H23F3N4O3/c1-20(2,3)13-5-7-14(8-6-13)21(4)18(31)29(19(32)28-21)12-17(30)27-16-10-9-15(11-26-16)22(23,24)25/h5-11H,12H2,1-4H3,(H,28,32)(H,26,27,30). The molecular formula is C22H23F3N4O3. The highest BCUT2D eigenvalue weighted by Crippen LogP contribution is 2.31. The van der Waals surface area contributed by atoms with Gasteiger partial charge in [-0.05, 0) is 35.6 Å². The van der Waals surface area contributed by atoms with Gasteiger partial charge in [-0.15, -0.1) is 0 Å². The van der Waals surface area contributed by atoms with Crippen molar-refractivity contribution in [1.29, 1.82) is 0 Å². The van der Waals surface area contributed by atoms with Crippen LogP contribution in [0.2, 0.25) is 0 Å². The fourth-order valence-electron chi connectivity index (χ4n) is 3.30. The predicted molar refractivity (Wildman–Crippen MR) is 111 cm³/mol. The van der Waals surface area contributed by atoms with E-state index in [2.05, 4.69) is 36.4 Å². The van der Waals surface area contributed by atoms with E-state index < -0.39 is 41.7 Å². The second-order valence-electron chi connectivity index (χ2n) is 8.75. The minimum Gasteiger partial charge on any atom is -0.319 e. The highest BCUT2D eigenvalue weighted by atomic mass is 19.4. The molecule has 1 aliphatic heterocycles. The molecule has 2 heterocycles. The van der Waals surface area contributed by atoms with Gasteiger partial charge >= 0.3 is 12.2 Å². The van der Waals surface area contributed by atoms with Crippen molar-refractivity contribution in [2.24, 2.45) is 0 Å². The van der Waals surface area contributed by atoms with Crippen molar-refractivity contribution in [3.63, 3.8) is 0 Å². The Bertz CT molecular complexity index is 1040. The lowest BCUT2D eigenvalue weighted by Crippen LogP contribution is -2.42. The summed E-state index contributed by atoms with van der Waals surface area (Å²) < 4.78 is 37.8. The Morgan fingerprint density at radius 2 is 1.66 bits per heavy atom. The summed E-state index contributed by atoms with van der Waals surface area (Å²) in [5.41, 5.74) is -0.768. The van der Waals surface area contributed by atoms with Crippen LogP contribution in [0.4, 0.5) is 23.8 Å². The van der Waals surface area contributed by atoms with Gasteiger partial charge in [-0.3, -0.25) is 14.5 Å². The molecule has 1 aromatic carbocycles. The van der Waals surface area contributed by atoms with E-state index in [1.807, 2.05) is 12.1 Å². The summed E-state index contributed by atoms with van der Waals surface area (Å²) >= 11 is 0. The van der Waals surface area contributed by atoms with Gasteiger partial charge in [-0.25, -0.2) is 9.78 Å². The molecule has 1 unspecified atom stereocenters. The molecule has 0 spiro atoms. The van der Waals surface area contributed by atoms with Crippen LogP contribution in [0.15, 0.2) is 42.6 Å². The summed E-state index contributed by atoms with van der Waals surface area (Å²) in [5, 5.41) is 4.90. The molecule has 1 aliphatic rings. The number of urea groups is 1. The van der Waals surface area contributed by atoms with E-state index >= 15 is 0 Å². The maximum absolute atomic E-state index is 13.0. The molecule has 1 saturated heterocycles. The first-order chi connectivity index (χ1) is 14.7. The Kier molecular flexibility index (Phi) is 5.75. The summed E-state index contributed by atoms with van der Waals surface area (Å²) in [4.78, 5) is 42.0. The second kappa shape index (κ2) is 7.92. The number of carbonyl (C=O) groups excluding carboxylic acids is 3. The molecule has 2 N–H and O–H groups in total. The zero-order valence-corrected chi connectivity index (χ0v) is 18.0. The largest absolute Gasteiger partial charge is 0.417 e. The van der Waals surface area contributed by atoms with Gasteiger partial charge in [0.25, 0.3) is 5.91 Å². The van der Waals surface area contributed by atoms with Gasteiger partial charge in [0.15, 0.2) is 0 Å². The van der Waals surface area contributed by atoms with Crippen LogP contribution in [0.3, 0.4) is 0 Å². The number of anilines is 1. The number of benzene rings is 1. The topological polar surface area (TPSA) is 91.4 Å². The van der Waals surface area contributed by atoms with E-state index in [9.17, 15) is 27.6 Å². The van der Waals surface area contributed by atoms with E-state index in [0.29, 0.717) is 11.8 Å². The number of halogens is 3. The van der Waals surface area contributed by atoms with Crippen molar-refractivity contribution in [1.82, 2.24) is 15.2 Å². The molecule has 0 saturated carbocycles. The van der Waals surface area contributed by atoms with E-state index in [4.69, 9.17) is 0 Å². The van der Waals surface area contributed by atoms with Crippen LogP contribution < -0.4 is 10.6 Å². The van der Waals surface area contributed by atoms with Gasteiger partial charge in [0.05, 0.1) is 5.56 Å². The predicted octanol–water partition coefficient (Wildman–Crippen LogP) is 3.80. The van der Waals surface area contributed by atoms with Crippen molar-refractivity contribution < 1.29 is 27.6 Å². The maximum atomic E-state index is 13.0. The molecule has 1 aromatic heterocycles. The summed E-state index contributed by atoms with van der Waals surface area (Å²) in [5.74, 6) is -1.51. The Balaban J connectivity index is 1.71. The molecule has 3 rings (SSSR count). The Hall–Kier alpha value is -3.43. The molecule has 170 valence electrons. The van der Waals surface area contributed by atoms with E-state index in [0.717, 1.165) is 22.6 Å². The zero-order valence-electron chi connectivity index (χ0n) is 18.0. The molecule has 10 heteroatoms. The average molecular weight is 448 g/mol. The Morgan fingerprint density at radius 1 is 1.06 bits per heavy atom. The minimum absolute atomic E-state index is 0.0845. The van der Waals surface area contributed by atoms with Crippen LogP contribution in [0.5, 0.6) is 0 Å². The third-order valence-electron chi connectivity index (χ3n) is 5.26. The number of hydrogen-bond acceptors (Lipinski definition) is 4. The normalized spacial score (nSPS) is 19.2. The molecule has 2 aromatic rings. The number of pyridine rings is 1. The summed E-state index contributed by atoms with van der Waals surface area (Å²) in [6.07, 6.45) is -3.97. The number of alkyl halides is 3. The number of hydrogen-bond donors (Lipinski definition) is 2. The Morgan fingerprint density at radius 3 is 2.16 bits per heavy atom. The van der Waals surface area contributed by atoms with Crippen molar-refractivity contribution in [3.05, 3.63) is 59.3 Å². The van der Waals surface area contributed by atoms with Crippen LogP contribution in [0.1, 0.15) is 44.4 Å². The highest BCUT2D eigenvalue weighted by molar-refractivity contribution is 6.10. The molecular weight excluding hydrogens is 425 g/mol. The number of nitrogens with zero attached hydrogens (tertiary/aromatic N) is 2. The molecule has 4 amide bonds. The number of imide groups is 1. The molecule has 1 fully saturated rings. The second-order valence-corrected chi connectivity index (χ2v) is 8.75. The average Bonchev–Trinajstić information content (AvgIpc) is 2.91. The van der Waals surface area contributed by atoms with Gasteiger partial charge < -0.3 is 10.6 Å². The highest BCUT2D eigenvalue weighted by Gasteiger charge is 2.49. The fraction of sp³-hybridized carbons (Fsp3) is 0.364. The first-order valence-electron chi connectivity index (χ1n) is 9.80. The van der Waals surface area contributed by atoms with E-state index in [1.165, 1.54) is 0 Å². The number of rotatable bonds is 4. The zero-order chi connectivity index (χ0) is 23.9. The van der Waals surface area contributed by atoms with Crippen LogP contribution in [-0.2, 0) is 26.7 Å². The van der Waals surface area contributed by atoms with Gasteiger partial charge in [-0.1, -0.05) is 45.0 Å². The fourth-order valence-corrected chi connectivity index (χ4v) is 3.30. The molecule has 0 bridgehead atoms. The van der Waals surface area contributed by atoms with Crippen LogP contribution >= 0.6 is 0 Å². The molecule has 0 aliphatic carbocycles. The lowest BCUT2D eigenvalue weighted by atomic mass is 9.84.